The molecule has 0 saturated carbocycles. The van der Waals surface area contributed by atoms with Crippen molar-refractivity contribution in [3.63, 3.8) is 0 Å². The molecule has 0 aliphatic heterocycles. The van der Waals surface area contributed by atoms with E-state index in [1.807, 2.05) is 17.7 Å². The van der Waals surface area contributed by atoms with Crippen molar-refractivity contribution < 1.29 is 17.6 Å². The molecule has 0 fully saturated rings. The van der Waals surface area contributed by atoms with Gasteiger partial charge < -0.3 is 9.88 Å². The number of hydrogen-bond donors (Lipinski definition) is 1. The summed E-state index contributed by atoms with van der Waals surface area (Å²) in [5, 5.41) is 4.32. The summed E-state index contributed by atoms with van der Waals surface area (Å²) in [6.45, 7) is 4.09. The number of nitrogens with zero attached hydrogens (tertiary/aromatic N) is 1. The number of benzene rings is 2. The lowest BCUT2D eigenvalue weighted by atomic mass is 10.1. The predicted octanol–water partition coefficient (Wildman–Crippen LogP) is 5.19. The summed E-state index contributed by atoms with van der Waals surface area (Å²) in [4.78, 5) is 0. The Kier molecular flexibility index (Phi) is 5.85. The number of rotatable bonds is 7. The van der Waals surface area contributed by atoms with Gasteiger partial charge in [0.15, 0.2) is 0 Å². The van der Waals surface area contributed by atoms with E-state index in [-0.39, 0.29) is 5.82 Å². The van der Waals surface area contributed by atoms with Gasteiger partial charge in [-0.05, 0) is 68.2 Å². The molecule has 0 unspecified atom stereocenters. The van der Waals surface area contributed by atoms with Gasteiger partial charge in [0.25, 0.3) is 0 Å². The normalized spacial score (nSPS) is 12.0. The Hall–Kier alpha value is -2.34. The van der Waals surface area contributed by atoms with Gasteiger partial charge in [0, 0.05) is 18.1 Å². The van der Waals surface area contributed by atoms with E-state index in [2.05, 4.69) is 5.32 Å². The molecule has 0 atom stereocenters. The van der Waals surface area contributed by atoms with Crippen molar-refractivity contribution in [2.45, 2.75) is 32.5 Å². The second kappa shape index (κ2) is 8.13. The molecule has 3 aromatic rings. The van der Waals surface area contributed by atoms with Crippen LogP contribution in [0.3, 0.4) is 0 Å². The molecule has 3 rings (SSSR count). The highest BCUT2D eigenvalue weighted by Crippen LogP contribution is 2.29. The third-order valence-corrected chi connectivity index (χ3v) is 4.68. The lowest BCUT2D eigenvalue weighted by molar-refractivity contribution is -0.137. The fraction of sp³-hybridized carbons (Fsp3) is 0.333. The van der Waals surface area contributed by atoms with Gasteiger partial charge in [-0.2, -0.15) is 13.2 Å². The summed E-state index contributed by atoms with van der Waals surface area (Å²) in [7, 11) is 0. The van der Waals surface area contributed by atoms with E-state index in [4.69, 9.17) is 0 Å². The molecule has 0 amide bonds. The molecule has 0 aliphatic carbocycles. The van der Waals surface area contributed by atoms with Crippen LogP contribution in [0.25, 0.3) is 10.9 Å². The minimum Gasteiger partial charge on any atom is -0.347 e. The van der Waals surface area contributed by atoms with Crippen LogP contribution < -0.4 is 5.32 Å². The Morgan fingerprint density at radius 2 is 1.78 bits per heavy atom. The van der Waals surface area contributed by atoms with Gasteiger partial charge in [-0.3, -0.25) is 0 Å². The Bertz CT molecular complexity index is 912. The van der Waals surface area contributed by atoms with E-state index in [0.717, 1.165) is 35.5 Å². The van der Waals surface area contributed by atoms with E-state index < -0.39 is 11.7 Å². The number of nitrogens with one attached hydrogen (secondary N) is 1. The molecule has 0 spiro atoms. The molecule has 0 aliphatic rings. The maximum absolute atomic E-state index is 13.5. The molecule has 0 radical (unpaired) electrons. The van der Waals surface area contributed by atoms with Crippen LogP contribution in [0.2, 0.25) is 0 Å². The number of halogens is 4. The van der Waals surface area contributed by atoms with Crippen molar-refractivity contribution in [3.8, 4) is 0 Å². The van der Waals surface area contributed by atoms with Crippen LogP contribution in [-0.2, 0) is 25.6 Å². The smallest absolute Gasteiger partial charge is 0.347 e. The van der Waals surface area contributed by atoms with E-state index in [1.54, 1.807) is 18.2 Å². The van der Waals surface area contributed by atoms with Crippen LogP contribution in [0.15, 0.2) is 48.7 Å². The molecule has 27 heavy (non-hydrogen) atoms. The number of fused-ring (bicyclic) bond motifs is 1. The van der Waals surface area contributed by atoms with Crippen LogP contribution in [0, 0.1) is 5.82 Å². The Labute approximate surface area is 155 Å². The molecule has 1 N–H and O–H groups in total. The standard InChI is InChI=1S/C21H22F4N2/c1-2-27-14-16(19-7-6-18(22)13-20(19)27)9-11-26-10-8-15-4-3-5-17(12-15)21(23,24)25/h3-7,12-14,26H,2,8-11H2,1H3. The van der Waals surface area contributed by atoms with E-state index >= 15 is 0 Å². The van der Waals surface area contributed by atoms with Gasteiger partial charge in [0.2, 0.25) is 0 Å². The molecule has 1 heterocycles. The first kappa shape index (κ1) is 19.4. The zero-order valence-electron chi connectivity index (χ0n) is 15.1. The first-order valence-corrected chi connectivity index (χ1v) is 9.02. The van der Waals surface area contributed by atoms with Gasteiger partial charge in [0.05, 0.1) is 11.1 Å². The zero-order valence-corrected chi connectivity index (χ0v) is 15.1. The number of hydrogen-bond acceptors (Lipinski definition) is 1. The first-order valence-electron chi connectivity index (χ1n) is 9.02. The van der Waals surface area contributed by atoms with Crippen LogP contribution in [0.1, 0.15) is 23.6 Å². The van der Waals surface area contributed by atoms with E-state index in [9.17, 15) is 17.6 Å². The minimum atomic E-state index is -4.31. The maximum atomic E-state index is 13.5. The third-order valence-electron chi connectivity index (χ3n) is 4.68. The number of alkyl halides is 3. The lowest BCUT2D eigenvalue weighted by Crippen LogP contribution is -2.20. The Morgan fingerprint density at radius 1 is 1.00 bits per heavy atom. The van der Waals surface area contributed by atoms with Crippen molar-refractivity contribution >= 4 is 10.9 Å². The second-order valence-electron chi connectivity index (χ2n) is 6.55. The second-order valence-corrected chi connectivity index (χ2v) is 6.55. The molecular formula is C21H22F4N2. The highest BCUT2D eigenvalue weighted by Gasteiger charge is 2.30. The molecule has 6 heteroatoms. The van der Waals surface area contributed by atoms with Crippen LogP contribution in [0.5, 0.6) is 0 Å². The Morgan fingerprint density at radius 3 is 2.52 bits per heavy atom. The van der Waals surface area contributed by atoms with Crippen LogP contribution in [-0.4, -0.2) is 17.7 Å². The highest BCUT2D eigenvalue weighted by molar-refractivity contribution is 5.84. The third kappa shape index (κ3) is 4.69. The monoisotopic (exact) mass is 378 g/mol. The molecular weight excluding hydrogens is 356 g/mol. The molecule has 1 aromatic heterocycles. The molecule has 144 valence electrons. The first-order chi connectivity index (χ1) is 12.9. The van der Waals surface area contributed by atoms with E-state index in [0.29, 0.717) is 25.1 Å². The predicted molar refractivity (Wildman–Crippen MR) is 99.3 cm³/mol. The Balaban J connectivity index is 1.55. The van der Waals surface area contributed by atoms with Crippen LogP contribution >= 0.6 is 0 Å². The molecule has 0 saturated heterocycles. The number of aryl methyl sites for hydroxylation is 1. The summed E-state index contributed by atoms with van der Waals surface area (Å²) in [6.07, 6.45) is -0.960. The maximum Gasteiger partial charge on any atom is 0.416 e. The SMILES string of the molecule is CCn1cc(CCNCCc2cccc(C(F)(F)F)c2)c2ccc(F)cc21. The molecule has 2 aromatic carbocycles. The fourth-order valence-electron chi connectivity index (χ4n) is 3.29. The lowest BCUT2D eigenvalue weighted by Gasteiger charge is -2.09. The van der Waals surface area contributed by atoms with Gasteiger partial charge in [-0.15, -0.1) is 0 Å². The van der Waals surface area contributed by atoms with Crippen molar-refractivity contribution in [1.29, 1.82) is 0 Å². The summed E-state index contributed by atoms with van der Waals surface area (Å²) >= 11 is 0. The highest BCUT2D eigenvalue weighted by atomic mass is 19.4. The van der Waals surface area contributed by atoms with Crippen molar-refractivity contribution in [1.82, 2.24) is 9.88 Å². The number of aromatic nitrogens is 1. The van der Waals surface area contributed by atoms with Crippen LogP contribution in [0.4, 0.5) is 17.6 Å². The zero-order chi connectivity index (χ0) is 19.4. The largest absolute Gasteiger partial charge is 0.416 e. The van der Waals surface area contributed by atoms with E-state index in [1.165, 1.54) is 18.2 Å². The summed E-state index contributed by atoms with van der Waals surface area (Å²) in [6, 6.07) is 10.2. The summed E-state index contributed by atoms with van der Waals surface area (Å²) in [5.74, 6) is -0.249. The van der Waals surface area contributed by atoms with Crippen molar-refractivity contribution in [2.24, 2.45) is 0 Å². The van der Waals surface area contributed by atoms with Crippen molar-refractivity contribution in [2.75, 3.05) is 13.1 Å². The van der Waals surface area contributed by atoms with Crippen molar-refractivity contribution in [3.05, 3.63) is 71.2 Å². The van der Waals surface area contributed by atoms with Gasteiger partial charge in [0.1, 0.15) is 5.82 Å². The van der Waals surface area contributed by atoms with Gasteiger partial charge in [-0.25, -0.2) is 4.39 Å². The molecule has 2 nitrogen and oxygen atoms in total. The summed E-state index contributed by atoms with van der Waals surface area (Å²) < 4.78 is 53.7. The molecule has 0 bridgehead atoms. The van der Waals surface area contributed by atoms with Gasteiger partial charge in [-0.1, -0.05) is 18.2 Å². The summed E-state index contributed by atoms with van der Waals surface area (Å²) in [5.41, 5.74) is 2.07. The topological polar surface area (TPSA) is 17.0 Å². The fourth-order valence-corrected chi connectivity index (χ4v) is 3.29. The average molecular weight is 378 g/mol. The van der Waals surface area contributed by atoms with Gasteiger partial charge >= 0.3 is 6.18 Å². The average Bonchev–Trinajstić information content (AvgIpc) is 2.98. The minimum absolute atomic E-state index is 0.249. The quantitative estimate of drug-likeness (QED) is 0.442.